The molecule has 0 spiro atoms. The first-order valence-corrected chi connectivity index (χ1v) is 5.85. The second-order valence-corrected chi connectivity index (χ2v) is 5.10. The molecule has 2 atom stereocenters. The van der Waals surface area contributed by atoms with E-state index in [9.17, 15) is 10.2 Å². The standard InChI is InChI=1S/C12H26O3/c1-9(2)5-11(13)7-15-8-12(14)6-10(3)4/h9-14H,5-8H2,1-4H3. The van der Waals surface area contributed by atoms with Crippen molar-refractivity contribution in [3.63, 3.8) is 0 Å². The summed E-state index contributed by atoms with van der Waals surface area (Å²) in [5.74, 6) is 0.952. The van der Waals surface area contributed by atoms with E-state index in [-0.39, 0.29) is 0 Å². The van der Waals surface area contributed by atoms with Crippen molar-refractivity contribution in [1.29, 1.82) is 0 Å². The molecular formula is C12H26O3. The highest BCUT2D eigenvalue weighted by atomic mass is 16.5. The second kappa shape index (κ2) is 8.08. The molecule has 0 aliphatic carbocycles. The summed E-state index contributed by atoms with van der Waals surface area (Å²) < 4.78 is 5.26. The zero-order valence-corrected chi connectivity index (χ0v) is 10.4. The van der Waals surface area contributed by atoms with Crippen molar-refractivity contribution in [3.05, 3.63) is 0 Å². The molecule has 0 heterocycles. The number of hydrogen-bond donors (Lipinski definition) is 2. The minimum atomic E-state index is -0.406. The molecule has 3 heteroatoms. The topological polar surface area (TPSA) is 49.7 Å². The van der Waals surface area contributed by atoms with E-state index in [2.05, 4.69) is 27.7 Å². The van der Waals surface area contributed by atoms with Gasteiger partial charge < -0.3 is 14.9 Å². The van der Waals surface area contributed by atoms with Crippen LogP contribution in [-0.4, -0.2) is 35.6 Å². The SMILES string of the molecule is CC(C)CC(O)COCC(O)CC(C)C. The average molecular weight is 218 g/mol. The molecule has 0 aromatic heterocycles. The maximum atomic E-state index is 9.51. The molecule has 15 heavy (non-hydrogen) atoms. The largest absolute Gasteiger partial charge is 0.391 e. The lowest BCUT2D eigenvalue weighted by Gasteiger charge is -2.16. The zero-order chi connectivity index (χ0) is 11.8. The number of aliphatic hydroxyl groups excluding tert-OH is 2. The number of hydrogen-bond acceptors (Lipinski definition) is 3. The maximum Gasteiger partial charge on any atom is 0.0776 e. The van der Waals surface area contributed by atoms with Crippen molar-refractivity contribution >= 4 is 0 Å². The Hall–Kier alpha value is -0.120. The predicted octanol–water partition coefficient (Wildman–Crippen LogP) is 1.82. The van der Waals surface area contributed by atoms with Gasteiger partial charge in [0.05, 0.1) is 25.4 Å². The van der Waals surface area contributed by atoms with Gasteiger partial charge in [-0.2, -0.15) is 0 Å². The summed E-state index contributed by atoms with van der Waals surface area (Å²) >= 11 is 0. The molecule has 92 valence electrons. The molecule has 2 N–H and O–H groups in total. The van der Waals surface area contributed by atoms with E-state index in [1.165, 1.54) is 0 Å². The Morgan fingerprint density at radius 1 is 0.800 bits per heavy atom. The highest BCUT2D eigenvalue weighted by Crippen LogP contribution is 2.07. The van der Waals surface area contributed by atoms with E-state index >= 15 is 0 Å². The third-order valence-corrected chi connectivity index (χ3v) is 2.11. The Bertz CT molecular complexity index is 130. The van der Waals surface area contributed by atoms with Gasteiger partial charge in [-0.3, -0.25) is 0 Å². The van der Waals surface area contributed by atoms with Gasteiger partial charge in [0.15, 0.2) is 0 Å². The van der Waals surface area contributed by atoms with E-state index in [0.29, 0.717) is 25.0 Å². The normalized spacial score (nSPS) is 16.0. The zero-order valence-electron chi connectivity index (χ0n) is 10.4. The molecule has 0 aromatic carbocycles. The van der Waals surface area contributed by atoms with Crippen LogP contribution in [0.25, 0.3) is 0 Å². The van der Waals surface area contributed by atoms with Gasteiger partial charge >= 0.3 is 0 Å². The molecule has 3 nitrogen and oxygen atoms in total. The quantitative estimate of drug-likeness (QED) is 0.653. The van der Waals surface area contributed by atoms with Gasteiger partial charge in [-0.25, -0.2) is 0 Å². The van der Waals surface area contributed by atoms with Crippen LogP contribution in [-0.2, 0) is 4.74 Å². The fraction of sp³-hybridized carbons (Fsp3) is 1.00. The van der Waals surface area contributed by atoms with Crippen LogP contribution in [0.3, 0.4) is 0 Å². The monoisotopic (exact) mass is 218 g/mol. The van der Waals surface area contributed by atoms with Gasteiger partial charge in [0.1, 0.15) is 0 Å². The number of aliphatic hydroxyl groups is 2. The molecule has 0 fully saturated rings. The summed E-state index contributed by atoms with van der Waals surface area (Å²) in [7, 11) is 0. The van der Waals surface area contributed by atoms with Crippen LogP contribution in [0.5, 0.6) is 0 Å². The first kappa shape index (κ1) is 14.9. The molecule has 2 unspecified atom stereocenters. The molecule has 0 aliphatic heterocycles. The lowest BCUT2D eigenvalue weighted by Crippen LogP contribution is -2.23. The maximum absolute atomic E-state index is 9.51. The molecule has 0 rings (SSSR count). The van der Waals surface area contributed by atoms with Crippen LogP contribution >= 0.6 is 0 Å². The fourth-order valence-corrected chi connectivity index (χ4v) is 1.56. The summed E-state index contributed by atoms with van der Waals surface area (Å²) in [6.07, 6.45) is 0.688. The van der Waals surface area contributed by atoms with Crippen molar-refractivity contribution < 1.29 is 14.9 Å². The average Bonchev–Trinajstić information content (AvgIpc) is 2.00. The van der Waals surface area contributed by atoms with Gasteiger partial charge in [-0.1, -0.05) is 27.7 Å². The van der Waals surface area contributed by atoms with Crippen molar-refractivity contribution in [2.24, 2.45) is 11.8 Å². The summed E-state index contributed by atoms with van der Waals surface area (Å²) in [6, 6.07) is 0. The van der Waals surface area contributed by atoms with Crippen LogP contribution in [0.15, 0.2) is 0 Å². The number of rotatable bonds is 8. The van der Waals surface area contributed by atoms with Crippen LogP contribution in [0.4, 0.5) is 0 Å². The molecule has 0 aromatic rings. The van der Waals surface area contributed by atoms with E-state index in [0.717, 1.165) is 12.8 Å². The van der Waals surface area contributed by atoms with Crippen LogP contribution in [0, 0.1) is 11.8 Å². The molecule has 0 amide bonds. The minimum Gasteiger partial charge on any atom is -0.391 e. The van der Waals surface area contributed by atoms with Crippen LogP contribution in [0.2, 0.25) is 0 Å². The van der Waals surface area contributed by atoms with E-state index in [1.807, 2.05) is 0 Å². The van der Waals surface area contributed by atoms with Crippen molar-refractivity contribution in [3.8, 4) is 0 Å². The predicted molar refractivity (Wildman–Crippen MR) is 61.7 cm³/mol. The van der Waals surface area contributed by atoms with Crippen LogP contribution < -0.4 is 0 Å². The highest BCUT2D eigenvalue weighted by Gasteiger charge is 2.10. The van der Waals surface area contributed by atoms with Crippen molar-refractivity contribution in [2.75, 3.05) is 13.2 Å². The first-order chi connectivity index (χ1) is 6.91. The van der Waals surface area contributed by atoms with Crippen molar-refractivity contribution in [2.45, 2.75) is 52.7 Å². The third-order valence-electron chi connectivity index (χ3n) is 2.11. The van der Waals surface area contributed by atoms with Gasteiger partial charge in [-0.05, 0) is 24.7 Å². The molecule has 0 bridgehead atoms. The van der Waals surface area contributed by atoms with E-state index < -0.39 is 12.2 Å². The summed E-state index contributed by atoms with van der Waals surface area (Å²) in [5.41, 5.74) is 0. The first-order valence-electron chi connectivity index (χ1n) is 5.85. The van der Waals surface area contributed by atoms with Crippen LogP contribution in [0.1, 0.15) is 40.5 Å². The molecule has 0 radical (unpaired) electrons. The summed E-state index contributed by atoms with van der Waals surface area (Å²) in [4.78, 5) is 0. The Morgan fingerprint density at radius 2 is 1.13 bits per heavy atom. The molecule has 0 saturated carbocycles. The smallest absolute Gasteiger partial charge is 0.0776 e. The Labute approximate surface area is 93.5 Å². The van der Waals surface area contributed by atoms with Gasteiger partial charge in [0.25, 0.3) is 0 Å². The lowest BCUT2D eigenvalue weighted by atomic mass is 10.1. The van der Waals surface area contributed by atoms with Gasteiger partial charge in [-0.15, -0.1) is 0 Å². The fourth-order valence-electron chi connectivity index (χ4n) is 1.56. The van der Waals surface area contributed by atoms with E-state index in [4.69, 9.17) is 4.74 Å². The van der Waals surface area contributed by atoms with E-state index in [1.54, 1.807) is 0 Å². The molecule has 0 saturated heterocycles. The molecule has 0 aliphatic rings. The number of ether oxygens (including phenoxy) is 1. The summed E-state index contributed by atoms with van der Waals surface area (Å²) in [5, 5.41) is 19.0. The van der Waals surface area contributed by atoms with Gasteiger partial charge in [0.2, 0.25) is 0 Å². The molecular weight excluding hydrogens is 192 g/mol. The highest BCUT2D eigenvalue weighted by molar-refractivity contribution is 4.60. The second-order valence-electron chi connectivity index (χ2n) is 5.10. The Balaban J connectivity index is 3.44. The summed E-state index contributed by atoms with van der Waals surface area (Å²) in [6.45, 7) is 8.92. The third kappa shape index (κ3) is 10.2. The minimum absolute atomic E-state index is 0.327. The Kier molecular flexibility index (Phi) is 8.02. The Morgan fingerprint density at radius 3 is 1.40 bits per heavy atom. The lowest BCUT2D eigenvalue weighted by molar-refractivity contribution is -0.0178. The van der Waals surface area contributed by atoms with Crippen molar-refractivity contribution in [1.82, 2.24) is 0 Å². The van der Waals surface area contributed by atoms with Gasteiger partial charge in [0, 0.05) is 0 Å².